The van der Waals surface area contributed by atoms with Crippen LogP contribution >= 0.6 is 15.9 Å². The van der Waals surface area contributed by atoms with Crippen molar-refractivity contribution in [3.05, 3.63) is 99.0 Å². The lowest BCUT2D eigenvalue weighted by molar-refractivity contribution is -0.122. The number of benzene rings is 3. The van der Waals surface area contributed by atoms with Crippen LogP contribution in [0, 0.1) is 18.8 Å². The highest BCUT2D eigenvalue weighted by atomic mass is 79.9. The number of nitrogens with zero attached hydrogens (tertiary/aromatic N) is 1. The minimum atomic E-state index is -0.333. The van der Waals surface area contributed by atoms with Gasteiger partial charge in [-0.1, -0.05) is 64.5 Å². The molecular formula is C25H18BrNO2. The van der Waals surface area contributed by atoms with Gasteiger partial charge in [-0.15, -0.1) is 0 Å². The lowest BCUT2D eigenvalue weighted by Crippen LogP contribution is -2.41. The molecule has 29 heavy (non-hydrogen) atoms. The van der Waals surface area contributed by atoms with E-state index >= 15 is 0 Å². The van der Waals surface area contributed by atoms with Crippen molar-refractivity contribution < 1.29 is 9.59 Å². The second-order valence-corrected chi connectivity index (χ2v) is 9.12. The fourth-order valence-electron chi connectivity index (χ4n) is 5.78. The molecule has 0 unspecified atom stereocenters. The molecule has 0 saturated carbocycles. The zero-order valence-corrected chi connectivity index (χ0v) is 17.4. The van der Waals surface area contributed by atoms with Gasteiger partial charge in [-0.25, -0.2) is 4.90 Å². The minimum absolute atomic E-state index is 0.0606. The molecule has 1 fully saturated rings. The van der Waals surface area contributed by atoms with E-state index in [1.807, 2.05) is 49.4 Å². The second kappa shape index (κ2) is 5.90. The van der Waals surface area contributed by atoms with Crippen LogP contribution in [0.4, 0.5) is 5.69 Å². The van der Waals surface area contributed by atoms with E-state index in [0.29, 0.717) is 5.69 Å². The molecule has 0 radical (unpaired) electrons. The average Bonchev–Trinajstić information content (AvgIpc) is 2.99. The summed E-state index contributed by atoms with van der Waals surface area (Å²) >= 11 is 3.48. The maximum absolute atomic E-state index is 13.7. The van der Waals surface area contributed by atoms with Gasteiger partial charge < -0.3 is 0 Å². The molecule has 1 heterocycles. The predicted molar refractivity (Wildman–Crippen MR) is 115 cm³/mol. The maximum Gasteiger partial charge on any atom is 0.238 e. The van der Waals surface area contributed by atoms with Gasteiger partial charge in [0.1, 0.15) is 0 Å². The van der Waals surface area contributed by atoms with Crippen LogP contribution in [0.3, 0.4) is 0 Å². The van der Waals surface area contributed by atoms with E-state index in [0.717, 1.165) is 10.0 Å². The SMILES string of the molecule is Cc1cc(Br)ccc1N1C(=O)[C@@H]2C3c4ccccc4C(c4ccccc43)[C@H]2C1=O. The van der Waals surface area contributed by atoms with Crippen molar-refractivity contribution in [1.29, 1.82) is 0 Å². The van der Waals surface area contributed by atoms with Gasteiger partial charge in [-0.2, -0.15) is 0 Å². The molecule has 3 aliphatic carbocycles. The molecule has 142 valence electrons. The zero-order chi connectivity index (χ0) is 19.9. The third-order valence-electron chi connectivity index (χ3n) is 6.85. The van der Waals surface area contributed by atoms with Crippen LogP contribution in [0.15, 0.2) is 71.2 Å². The Hall–Kier alpha value is -2.72. The smallest absolute Gasteiger partial charge is 0.238 e. The Bertz CT molecular complexity index is 1100. The average molecular weight is 444 g/mol. The van der Waals surface area contributed by atoms with Crippen LogP contribution < -0.4 is 4.90 Å². The lowest BCUT2D eigenvalue weighted by atomic mass is 9.55. The van der Waals surface area contributed by atoms with Crippen LogP contribution in [0.5, 0.6) is 0 Å². The zero-order valence-electron chi connectivity index (χ0n) is 15.8. The highest BCUT2D eigenvalue weighted by Gasteiger charge is 2.61. The Morgan fingerprint density at radius 1 is 0.724 bits per heavy atom. The normalized spacial score (nSPS) is 26.3. The molecule has 0 spiro atoms. The molecule has 3 nitrogen and oxygen atoms in total. The van der Waals surface area contributed by atoms with Gasteiger partial charge in [0.2, 0.25) is 11.8 Å². The number of amides is 2. The Balaban J connectivity index is 1.57. The molecular weight excluding hydrogens is 426 g/mol. The van der Waals surface area contributed by atoms with Gasteiger partial charge in [-0.05, 0) is 52.9 Å². The van der Waals surface area contributed by atoms with Gasteiger partial charge in [-0.3, -0.25) is 9.59 Å². The highest BCUT2D eigenvalue weighted by molar-refractivity contribution is 9.10. The van der Waals surface area contributed by atoms with E-state index < -0.39 is 0 Å². The van der Waals surface area contributed by atoms with Gasteiger partial charge >= 0.3 is 0 Å². The standard InChI is InChI=1S/C25H18BrNO2/c1-13-12-14(26)10-11-19(13)27-24(28)22-20-15-6-2-3-7-16(15)21(23(22)25(27)29)18-9-5-4-8-17(18)20/h2-12,20-23H,1H3/t20?,21?,22-,23-/m1/s1. The van der Waals surface area contributed by atoms with Crippen molar-refractivity contribution in [2.24, 2.45) is 11.8 Å². The molecule has 1 aliphatic heterocycles. The van der Waals surface area contributed by atoms with Gasteiger partial charge in [0, 0.05) is 16.3 Å². The van der Waals surface area contributed by atoms with Crippen molar-refractivity contribution in [3.8, 4) is 0 Å². The summed E-state index contributed by atoms with van der Waals surface area (Å²) in [6, 6.07) is 22.4. The van der Waals surface area contributed by atoms with Crippen LogP contribution in [0.1, 0.15) is 39.7 Å². The van der Waals surface area contributed by atoms with Crippen LogP contribution in [-0.2, 0) is 9.59 Å². The molecule has 4 aliphatic rings. The summed E-state index contributed by atoms with van der Waals surface area (Å²) in [6.07, 6.45) is 0. The number of carbonyl (C=O) groups is 2. The van der Waals surface area contributed by atoms with Crippen LogP contribution in [-0.4, -0.2) is 11.8 Å². The number of hydrogen-bond donors (Lipinski definition) is 0. The molecule has 3 aromatic carbocycles. The first-order valence-electron chi connectivity index (χ1n) is 9.89. The summed E-state index contributed by atoms with van der Waals surface area (Å²) in [7, 11) is 0. The fourth-order valence-corrected chi connectivity index (χ4v) is 6.26. The Labute approximate surface area is 177 Å². The fraction of sp³-hybridized carbons (Fsp3) is 0.200. The molecule has 7 rings (SSSR count). The third-order valence-corrected chi connectivity index (χ3v) is 7.34. The van der Waals surface area contributed by atoms with Gasteiger partial charge in [0.05, 0.1) is 17.5 Å². The second-order valence-electron chi connectivity index (χ2n) is 8.21. The molecule has 1 saturated heterocycles. The van der Waals surface area contributed by atoms with Crippen molar-refractivity contribution >= 4 is 33.4 Å². The first-order chi connectivity index (χ1) is 14.1. The van der Waals surface area contributed by atoms with E-state index in [9.17, 15) is 9.59 Å². The molecule has 2 atom stereocenters. The third kappa shape index (κ3) is 2.13. The van der Waals surface area contributed by atoms with Crippen LogP contribution in [0.25, 0.3) is 0 Å². The number of carbonyl (C=O) groups excluding carboxylic acids is 2. The number of anilines is 1. The first kappa shape index (κ1) is 17.2. The van der Waals surface area contributed by atoms with E-state index in [1.165, 1.54) is 27.2 Å². The molecule has 0 N–H and O–H groups in total. The van der Waals surface area contributed by atoms with Crippen LogP contribution in [0.2, 0.25) is 0 Å². The van der Waals surface area contributed by atoms with E-state index in [4.69, 9.17) is 0 Å². The van der Waals surface area contributed by atoms with E-state index in [1.54, 1.807) is 0 Å². The van der Waals surface area contributed by atoms with E-state index in [-0.39, 0.29) is 35.5 Å². The Morgan fingerprint density at radius 3 is 1.59 bits per heavy atom. The Morgan fingerprint density at radius 2 is 1.17 bits per heavy atom. The monoisotopic (exact) mass is 443 g/mol. The summed E-state index contributed by atoms with van der Waals surface area (Å²) < 4.78 is 0.940. The quantitative estimate of drug-likeness (QED) is 0.487. The van der Waals surface area contributed by atoms with Crippen molar-refractivity contribution in [3.63, 3.8) is 0 Å². The summed E-state index contributed by atoms with van der Waals surface area (Å²) in [5.41, 5.74) is 6.43. The van der Waals surface area contributed by atoms with Gasteiger partial charge in [0.25, 0.3) is 0 Å². The van der Waals surface area contributed by atoms with E-state index in [2.05, 4.69) is 40.2 Å². The largest absolute Gasteiger partial charge is 0.274 e. The minimum Gasteiger partial charge on any atom is -0.274 e. The van der Waals surface area contributed by atoms with Gasteiger partial charge in [0.15, 0.2) is 0 Å². The molecule has 3 aromatic rings. The number of aryl methyl sites for hydroxylation is 1. The number of halogens is 1. The Kier molecular flexibility index (Phi) is 3.49. The first-order valence-corrected chi connectivity index (χ1v) is 10.7. The van der Waals surface area contributed by atoms with Crippen molar-refractivity contribution in [2.45, 2.75) is 18.8 Å². The highest BCUT2D eigenvalue weighted by Crippen LogP contribution is 2.61. The molecule has 4 heteroatoms. The molecule has 2 amide bonds. The summed E-state index contributed by atoms with van der Waals surface area (Å²) in [4.78, 5) is 28.8. The summed E-state index contributed by atoms with van der Waals surface area (Å²) in [6.45, 7) is 1.95. The predicted octanol–water partition coefficient (Wildman–Crippen LogP) is 5.15. The summed E-state index contributed by atoms with van der Waals surface area (Å²) in [5.74, 6) is -0.918. The van der Waals surface area contributed by atoms with Crippen molar-refractivity contribution in [2.75, 3.05) is 4.90 Å². The topological polar surface area (TPSA) is 37.4 Å². The number of rotatable bonds is 1. The molecule has 2 bridgehead atoms. The summed E-state index contributed by atoms with van der Waals surface area (Å²) in [5, 5.41) is 0. The number of imide groups is 1. The van der Waals surface area contributed by atoms with Crippen molar-refractivity contribution in [1.82, 2.24) is 0 Å². The lowest BCUT2D eigenvalue weighted by Gasteiger charge is -2.45. The molecule has 0 aromatic heterocycles. The number of hydrogen-bond acceptors (Lipinski definition) is 2. The maximum atomic E-state index is 13.7.